The molecule has 4 amide bonds. The topological polar surface area (TPSA) is 118 Å². The lowest BCUT2D eigenvalue weighted by molar-refractivity contribution is -0.135. The Kier molecular flexibility index (Phi) is 27.6. The molecule has 12 aromatic rings. The van der Waals surface area contributed by atoms with E-state index in [-0.39, 0.29) is 75.7 Å². The van der Waals surface area contributed by atoms with Gasteiger partial charge >= 0.3 is 0 Å². The summed E-state index contributed by atoms with van der Waals surface area (Å²) < 4.78 is 29.9. The van der Waals surface area contributed by atoms with E-state index >= 15 is 19.2 Å². The fourth-order valence-corrected chi connectivity index (χ4v) is 15.6. The van der Waals surface area contributed by atoms with Crippen LogP contribution in [0, 0.1) is 0 Å². The molecule has 0 unspecified atom stereocenters. The van der Waals surface area contributed by atoms with Crippen LogP contribution in [0.2, 0.25) is 0 Å². The maximum absolute atomic E-state index is 15.7. The van der Waals surface area contributed by atoms with E-state index in [2.05, 4.69) is 132 Å². The normalized spacial score (nSPS) is 12.2. The maximum Gasteiger partial charge on any atom is 0.261 e. The number of benzene rings is 12. The number of carbonyl (C=O) groups excluding carboxylic acids is 4. The third kappa shape index (κ3) is 23.2. The fourth-order valence-electron chi connectivity index (χ4n) is 15.6. The molecule has 0 saturated carbocycles. The summed E-state index contributed by atoms with van der Waals surface area (Å²) in [7, 11) is 0. The van der Waals surface area contributed by atoms with Gasteiger partial charge in [-0.3, -0.25) is 19.2 Å². The van der Waals surface area contributed by atoms with Gasteiger partial charge in [0.2, 0.25) is 0 Å². The number of rotatable bonds is 28. The molecule has 13 rings (SSSR count). The largest absolute Gasteiger partial charge is 0.483 e. The molecular weight excluding hydrogens is 1480 g/mol. The van der Waals surface area contributed by atoms with Crippen molar-refractivity contribution >= 4 is 23.6 Å². The maximum atomic E-state index is 15.7. The van der Waals surface area contributed by atoms with Crippen molar-refractivity contribution in [3.8, 4) is 23.0 Å². The minimum Gasteiger partial charge on any atom is -0.483 e. The molecule has 12 heteroatoms. The van der Waals surface area contributed by atoms with Crippen LogP contribution in [0.4, 0.5) is 0 Å². The van der Waals surface area contributed by atoms with Crippen molar-refractivity contribution in [2.45, 2.75) is 183 Å². The molecule has 120 heavy (non-hydrogen) atoms. The van der Waals surface area contributed by atoms with Gasteiger partial charge in [-0.1, -0.05) is 374 Å². The van der Waals surface area contributed by atoms with Gasteiger partial charge in [0.15, 0.2) is 26.4 Å². The van der Waals surface area contributed by atoms with Crippen LogP contribution in [0.5, 0.6) is 23.0 Å². The molecule has 8 bridgehead atoms. The van der Waals surface area contributed by atoms with E-state index in [9.17, 15) is 0 Å². The number of fused-ring (bicyclic) bond motifs is 8. The highest BCUT2D eigenvalue weighted by Crippen LogP contribution is 2.45. The van der Waals surface area contributed by atoms with Crippen LogP contribution in [-0.2, 0) is 119 Å². The summed E-state index contributed by atoms with van der Waals surface area (Å²) in [5.41, 5.74) is 16.6. The molecule has 0 N–H and O–H groups in total. The summed E-state index contributed by atoms with van der Waals surface area (Å²) in [4.78, 5) is 70.3. The van der Waals surface area contributed by atoms with Crippen LogP contribution < -0.4 is 18.9 Å². The van der Waals surface area contributed by atoms with Crippen molar-refractivity contribution in [2.75, 3.05) is 26.4 Å². The molecule has 0 atom stereocenters. The third-order valence-electron chi connectivity index (χ3n) is 22.5. The minimum atomic E-state index is -0.442. The van der Waals surface area contributed by atoms with Crippen LogP contribution in [0.3, 0.4) is 0 Å². The molecule has 0 aromatic heterocycles. The number of nitrogens with zero attached hydrogens (tertiary/aromatic N) is 4. The molecule has 1 aliphatic rings. The molecule has 0 heterocycles. The quantitative estimate of drug-likeness (QED) is 0.0476. The lowest BCUT2D eigenvalue weighted by Gasteiger charge is -2.30. The Labute approximate surface area is 711 Å². The summed E-state index contributed by atoms with van der Waals surface area (Å²) in [5, 5.41) is 0. The Bertz CT molecular complexity index is 4500. The van der Waals surface area contributed by atoms with Gasteiger partial charge in [0, 0.05) is 78.0 Å². The number of carbonyl (C=O) groups is 4. The van der Waals surface area contributed by atoms with Crippen LogP contribution in [0.15, 0.2) is 291 Å². The average Bonchev–Trinajstić information content (AvgIpc) is 0.757. The van der Waals surface area contributed by atoms with Crippen molar-refractivity contribution in [3.63, 3.8) is 0 Å². The summed E-state index contributed by atoms with van der Waals surface area (Å²) in [6.07, 6.45) is 0.905. The first-order chi connectivity index (χ1) is 57.6. The Morgan fingerprint density at radius 3 is 0.458 bits per heavy atom. The van der Waals surface area contributed by atoms with E-state index in [0.717, 1.165) is 111 Å². The average molecular weight is 1600 g/mol. The molecule has 616 valence electrons. The summed E-state index contributed by atoms with van der Waals surface area (Å²) in [6.45, 7) is 28.1. The first-order valence-electron chi connectivity index (χ1n) is 42.2. The number of amides is 4. The van der Waals surface area contributed by atoms with Crippen molar-refractivity contribution in [1.82, 2.24) is 19.6 Å². The molecule has 0 saturated heterocycles. The second kappa shape index (κ2) is 38.6. The van der Waals surface area contributed by atoms with Crippen LogP contribution in [0.1, 0.15) is 194 Å². The zero-order valence-electron chi connectivity index (χ0n) is 72.1. The standard InChI is InChI=1S/C108H116N4O8/c1-105(2,3)93-57-85-53-87-59-94(106(4,5)6)61-89(102(87)118-74-98(114)110(67-79-41-25-15-26-42-79)68-80-43-27-16-28-44-80)55-91-63-96(108(10,11)12)64-92(104(91)120-76-100(116)112(71-83-49-33-19-34-50-83)72-84-51-35-20-36-52-84)56-90-62-95(107(7,8)9)60-88(103(90)119-75-99(115)111(69-81-45-29-17-30-46-81)70-82-47-31-18-32-48-82)54-86(58-93)101(85)117-73-97(113)109(65-77-37-21-13-22-38-77)66-78-39-23-14-24-40-78/h13-52,57-64H,53-56,65-76H2,1-12H3. The molecule has 1 aliphatic carbocycles. The second-order valence-electron chi connectivity index (χ2n) is 36.2. The van der Waals surface area contributed by atoms with Crippen molar-refractivity contribution in [2.24, 2.45) is 0 Å². The Morgan fingerprint density at radius 2 is 0.342 bits per heavy atom. The molecule has 12 aromatic carbocycles. The summed E-state index contributed by atoms with van der Waals surface area (Å²) in [6, 6.07) is 98.5. The smallest absolute Gasteiger partial charge is 0.261 e. The highest BCUT2D eigenvalue weighted by molar-refractivity contribution is 5.80. The van der Waals surface area contributed by atoms with E-state index in [0.29, 0.717) is 75.4 Å². The number of hydrogen-bond acceptors (Lipinski definition) is 8. The first-order valence-corrected chi connectivity index (χ1v) is 42.2. The zero-order valence-corrected chi connectivity index (χ0v) is 72.1. The van der Waals surface area contributed by atoms with Gasteiger partial charge in [0.1, 0.15) is 23.0 Å². The predicted molar refractivity (Wildman–Crippen MR) is 482 cm³/mol. The van der Waals surface area contributed by atoms with Gasteiger partial charge in [-0.25, -0.2) is 0 Å². The van der Waals surface area contributed by atoms with Crippen LogP contribution >= 0.6 is 0 Å². The van der Waals surface area contributed by atoms with Crippen molar-refractivity contribution in [1.29, 1.82) is 0 Å². The minimum absolute atomic E-state index is 0.206. The Balaban J connectivity index is 1.05. The lowest BCUT2D eigenvalue weighted by atomic mass is 9.79. The summed E-state index contributed by atoms with van der Waals surface area (Å²) in [5.74, 6) is 1.29. The van der Waals surface area contributed by atoms with E-state index in [1.165, 1.54) is 0 Å². The Hall–Kier alpha value is -12.3. The third-order valence-corrected chi connectivity index (χ3v) is 22.5. The van der Waals surface area contributed by atoms with Crippen LogP contribution in [0.25, 0.3) is 0 Å². The van der Waals surface area contributed by atoms with E-state index < -0.39 is 21.7 Å². The van der Waals surface area contributed by atoms with Gasteiger partial charge in [-0.05, 0) is 133 Å². The molecule has 0 aliphatic heterocycles. The van der Waals surface area contributed by atoms with E-state index in [4.69, 9.17) is 18.9 Å². The van der Waals surface area contributed by atoms with Gasteiger partial charge in [-0.15, -0.1) is 0 Å². The molecular formula is C108H116N4O8. The molecule has 0 spiro atoms. The second-order valence-corrected chi connectivity index (χ2v) is 36.2. The fraction of sp³-hybridized carbons (Fsp3) is 0.296. The monoisotopic (exact) mass is 1600 g/mol. The summed E-state index contributed by atoms with van der Waals surface area (Å²) >= 11 is 0. The van der Waals surface area contributed by atoms with E-state index in [1.807, 2.05) is 262 Å². The lowest BCUT2D eigenvalue weighted by Crippen LogP contribution is -2.34. The molecule has 0 fully saturated rings. The highest BCUT2D eigenvalue weighted by Gasteiger charge is 2.33. The van der Waals surface area contributed by atoms with Gasteiger partial charge in [0.25, 0.3) is 23.6 Å². The van der Waals surface area contributed by atoms with Gasteiger partial charge in [0.05, 0.1) is 0 Å². The molecule has 0 radical (unpaired) electrons. The SMILES string of the molecule is CC(C)(C)c1cc2c(OCC(=O)N(Cc3ccccc3)Cc3ccccc3)c(c1)Cc1cc(C(C)(C)C)cc(c1OCC(=O)N(Cc1ccccc1)Cc1ccccc1)Cc1cc(C(C)(C)C)cc(c1OCC(=O)N(Cc1ccccc1)Cc1ccccc1)Cc1cc(C(C)(C)C)cc(c1OCC(=O)N(Cc1ccccc1)Cc1ccccc1)C2. The molecule has 12 nitrogen and oxygen atoms in total. The zero-order chi connectivity index (χ0) is 84.6. The highest BCUT2D eigenvalue weighted by atomic mass is 16.5. The first kappa shape index (κ1) is 85.6. The van der Waals surface area contributed by atoms with Gasteiger partial charge in [-0.2, -0.15) is 0 Å². The van der Waals surface area contributed by atoms with E-state index in [1.54, 1.807) is 0 Å². The van der Waals surface area contributed by atoms with Crippen molar-refractivity contribution in [3.05, 3.63) is 402 Å². The predicted octanol–water partition coefficient (Wildman–Crippen LogP) is 22.0. The number of hydrogen-bond donors (Lipinski definition) is 0. The van der Waals surface area contributed by atoms with Gasteiger partial charge < -0.3 is 38.5 Å². The van der Waals surface area contributed by atoms with Crippen molar-refractivity contribution < 1.29 is 38.1 Å². The number of ether oxygens (including phenoxy) is 4. The Morgan fingerprint density at radius 1 is 0.217 bits per heavy atom. The van der Waals surface area contributed by atoms with Crippen LogP contribution in [-0.4, -0.2) is 69.7 Å².